The molecule has 1 fully saturated rings. The van der Waals surface area contributed by atoms with Crippen molar-refractivity contribution >= 4 is 5.69 Å². The lowest BCUT2D eigenvalue weighted by atomic mass is 9.84. The number of ether oxygens (including phenoxy) is 1. The lowest BCUT2D eigenvalue weighted by Gasteiger charge is -2.34. The Morgan fingerprint density at radius 3 is 2.55 bits per heavy atom. The molecule has 20 heavy (non-hydrogen) atoms. The molecule has 0 bridgehead atoms. The summed E-state index contributed by atoms with van der Waals surface area (Å²) in [6.07, 6.45) is 6.75. The van der Waals surface area contributed by atoms with E-state index >= 15 is 0 Å². The van der Waals surface area contributed by atoms with Crippen LogP contribution >= 0.6 is 0 Å². The summed E-state index contributed by atoms with van der Waals surface area (Å²) in [5.74, 6) is 1.85. The average molecular weight is 276 g/mol. The maximum atomic E-state index is 5.81. The molecule has 0 aliphatic heterocycles. The van der Waals surface area contributed by atoms with Gasteiger partial charge in [0.25, 0.3) is 0 Å². The van der Waals surface area contributed by atoms with Gasteiger partial charge in [-0.1, -0.05) is 19.4 Å². The van der Waals surface area contributed by atoms with Gasteiger partial charge in [-0.05, 0) is 44.7 Å². The van der Waals surface area contributed by atoms with Crippen LogP contribution in [0.25, 0.3) is 0 Å². The van der Waals surface area contributed by atoms with Gasteiger partial charge in [0, 0.05) is 29.9 Å². The van der Waals surface area contributed by atoms with Crippen LogP contribution in [0, 0.1) is 5.92 Å². The summed E-state index contributed by atoms with van der Waals surface area (Å²) in [4.78, 5) is 2.47. The molecule has 1 aromatic carbocycles. The number of rotatable bonds is 5. The fourth-order valence-electron chi connectivity index (χ4n) is 3.28. The van der Waals surface area contributed by atoms with E-state index in [0.29, 0.717) is 6.04 Å². The maximum absolute atomic E-state index is 5.81. The van der Waals surface area contributed by atoms with Crippen LogP contribution in [-0.4, -0.2) is 25.1 Å². The van der Waals surface area contributed by atoms with Crippen LogP contribution in [0.3, 0.4) is 0 Å². The molecule has 1 saturated carbocycles. The molecule has 3 nitrogen and oxygen atoms in total. The summed E-state index contributed by atoms with van der Waals surface area (Å²) in [5.41, 5.74) is 7.80. The van der Waals surface area contributed by atoms with Crippen molar-refractivity contribution in [3.05, 3.63) is 23.8 Å². The molecule has 0 radical (unpaired) electrons. The van der Waals surface area contributed by atoms with Crippen LogP contribution in [-0.2, 0) is 6.54 Å². The Kier molecular flexibility index (Phi) is 5.30. The molecule has 1 aliphatic carbocycles. The number of benzene rings is 1. The van der Waals surface area contributed by atoms with Gasteiger partial charge in [-0.25, -0.2) is 0 Å². The van der Waals surface area contributed by atoms with E-state index in [1.54, 1.807) is 7.11 Å². The van der Waals surface area contributed by atoms with Crippen LogP contribution in [0.4, 0.5) is 5.69 Å². The summed E-state index contributed by atoms with van der Waals surface area (Å²) < 4.78 is 5.44. The summed E-state index contributed by atoms with van der Waals surface area (Å²) in [6, 6.07) is 6.67. The number of nitrogens with two attached hydrogens (primary N) is 1. The van der Waals surface area contributed by atoms with Crippen molar-refractivity contribution < 1.29 is 4.74 Å². The Morgan fingerprint density at radius 1 is 1.25 bits per heavy atom. The summed E-state index contributed by atoms with van der Waals surface area (Å²) >= 11 is 0. The van der Waals surface area contributed by atoms with Crippen molar-refractivity contribution in [3.63, 3.8) is 0 Å². The monoisotopic (exact) mass is 276 g/mol. The highest BCUT2D eigenvalue weighted by Crippen LogP contribution is 2.30. The van der Waals surface area contributed by atoms with Gasteiger partial charge in [-0.15, -0.1) is 0 Å². The molecule has 1 aliphatic rings. The molecule has 1 aromatic rings. The van der Waals surface area contributed by atoms with Gasteiger partial charge in [0.05, 0.1) is 7.11 Å². The van der Waals surface area contributed by atoms with Gasteiger partial charge in [-0.3, -0.25) is 4.90 Å². The molecule has 0 aromatic heterocycles. The smallest absolute Gasteiger partial charge is 0.125 e. The van der Waals surface area contributed by atoms with E-state index in [1.807, 2.05) is 12.1 Å². The van der Waals surface area contributed by atoms with E-state index in [0.717, 1.165) is 23.9 Å². The minimum atomic E-state index is 0.708. The zero-order valence-electron chi connectivity index (χ0n) is 13.1. The van der Waals surface area contributed by atoms with E-state index in [1.165, 1.54) is 37.7 Å². The van der Waals surface area contributed by atoms with Gasteiger partial charge in [-0.2, -0.15) is 0 Å². The molecular weight excluding hydrogens is 248 g/mol. The second-order valence-electron chi connectivity index (χ2n) is 6.07. The molecule has 0 unspecified atom stereocenters. The highest BCUT2D eigenvalue weighted by atomic mass is 16.5. The van der Waals surface area contributed by atoms with Crippen LogP contribution in [0.5, 0.6) is 5.75 Å². The van der Waals surface area contributed by atoms with Crippen LogP contribution < -0.4 is 10.5 Å². The first-order chi connectivity index (χ1) is 9.63. The first-order valence-electron chi connectivity index (χ1n) is 7.76. The number of nitrogens with zero attached hydrogens (tertiary/aromatic N) is 1. The Labute approximate surface area is 123 Å². The summed E-state index contributed by atoms with van der Waals surface area (Å²) in [5, 5.41) is 0. The third-order valence-corrected chi connectivity index (χ3v) is 4.75. The first-order valence-corrected chi connectivity index (χ1v) is 7.76. The van der Waals surface area contributed by atoms with E-state index in [2.05, 4.69) is 24.9 Å². The molecule has 0 amide bonds. The van der Waals surface area contributed by atoms with Crippen LogP contribution in [0.2, 0.25) is 0 Å². The third-order valence-electron chi connectivity index (χ3n) is 4.75. The van der Waals surface area contributed by atoms with Crippen molar-refractivity contribution in [1.29, 1.82) is 0 Å². The standard InChI is InChI=1S/C17H28N2O/c1-4-13-5-9-16(10-6-13)19(2)12-14-7-8-15(18)11-17(14)20-3/h7-8,11,13,16H,4-6,9-10,12,18H2,1-3H3. The van der Waals surface area contributed by atoms with Crippen molar-refractivity contribution in [2.24, 2.45) is 5.92 Å². The predicted octanol–water partition coefficient (Wildman–Crippen LogP) is 3.68. The number of hydrogen-bond donors (Lipinski definition) is 1. The Balaban J connectivity index is 1.96. The fourth-order valence-corrected chi connectivity index (χ4v) is 3.28. The van der Waals surface area contributed by atoms with Crippen molar-refractivity contribution in [2.75, 3.05) is 19.9 Å². The Hall–Kier alpha value is -1.22. The summed E-state index contributed by atoms with van der Waals surface area (Å²) in [7, 11) is 3.94. The van der Waals surface area contributed by atoms with Gasteiger partial charge in [0.1, 0.15) is 5.75 Å². The minimum absolute atomic E-state index is 0.708. The number of methoxy groups -OCH3 is 1. The fraction of sp³-hybridized carbons (Fsp3) is 0.647. The van der Waals surface area contributed by atoms with E-state index in [4.69, 9.17) is 10.5 Å². The number of nitrogen functional groups attached to an aromatic ring is 1. The Morgan fingerprint density at radius 2 is 1.95 bits per heavy atom. The van der Waals surface area contributed by atoms with Gasteiger partial charge >= 0.3 is 0 Å². The highest BCUT2D eigenvalue weighted by Gasteiger charge is 2.23. The molecule has 0 spiro atoms. The zero-order valence-corrected chi connectivity index (χ0v) is 13.1. The normalized spacial score (nSPS) is 23.0. The summed E-state index contributed by atoms with van der Waals surface area (Å²) in [6.45, 7) is 3.25. The van der Waals surface area contributed by atoms with E-state index < -0.39 is 0 Å². The van der Waals surface area contributed by atoms with Gasteiger partial charge < -0.3 is 10.5 Å². The third kappa shape index (κ3) is 3.66. The van der Waals surface area contributed by atoms with Gasteiger partial charge in [0.2, 0.25) is 0 Å². The van der Waals surface area contributed by atoms with Gasteiger partial charge in [0.15, 0.2) is 0 Å². The molecule has 112 valence electrons. The highest BCUT2D eigenvalue weighted by molar-refractivity contribution is 5.48. The molecule has 3 heteroatoms. The first kappa shape index (κ1) is 15.2. The quantitative estimate of drug-likeness (QED) is 0.834. The van der Waals surface area contributed by atoms with Crippen molar-refractivity contribution in [2.45, 2.75) is 51.6 Å². The predicted molar refractivity (Wildman–Crippen MR) is 84.9 cm³/mol. The molecule has 0 atom stereocenters. The molecular formula is C17H28N2O. The number of anilines is 1. The van der Waals surface area contributed by atoms with Crippen LogP contribution in [0.15, 0.2) is 18.2 Å². The van der Waals surface area contributed by atoms with Crippen LogP contribution in [0.1, 0.15) is 44.6 Å². The molecule has 2 N–H and O–H groups in total. The SMILES string of the molecule is CCC1CCC(N(C)Cc2ccc(N)cc2OC)CC1. The van der Waals surface area contributed by atoms with E-state index in [-0.39, 0.29) is 0 Å². The molecule has 0 saturated heterocycles. The van der Waals surface area contributed by atoms with Crippen molar-refractivity contribution in [1.82, 2.24) is 4.90 Å². The zero-order chi connectivity index (χ0) is 14.5. The van der Waals surface area contributed by atoms with Crippen molar-refractivity contribution in [3.8, 4) is 5.75 Å². The van der Waals surface area contributed by atoms with E-state index in [9.17, 15) is 0 Å². The second-order valence-corrected chi connectivity index (χ2v) is 6.07. The average Bonchev–Trinajstić information content (AvgIpc) is 2.49. The number of hydrogen-bond acceptors (Lipinski definition) is 3. The topological polar surface area (TPSA) is 38.5 Å². The molecule has 2 rings (SSSR count). The lowest BCUT2D eigenvalue weighted by molar-refractivity contribution is 0.156. The largest absolute Gasteiger partial charge is 0.496 e. The second kappa shape index (κ2) is 6.98. The minimum Gasteiger partial charge on any atom is -0.496 e. The maximum Gasteiger partial charge on any atom is 0.125 e. The lowest BCUT2D eigenvalue weighted by Crippen LogP contribution is -2.34. The Bertz CT molecular complexity index is 425. The molecule has 0 heterocycles.